The zero-order valence-electron chi connectivity index (χ0n) is 16.0. The average Bonchev–Trinajstić information content (AvgIpc) is 3.12. The Morgan fingerprint density at radius 3 is 2.43 bits per heavy atom. The second-order valence-corrected chi connectivity index (χ2v) is 9.35. The van der Waals surface area contributed by atoms with Crippen molar-refractivity contribution in [3.05, 3.63) is 33.8 Å². The maximum Gasteiger partial charge on any atom is 0.349 e. The molecule has 10 heteroatoms. The Kier molecular flexibility index (Phi) is 6.31. The van der Waals surface area contributed by atoms with Crippen molar-refractivity contribution in [2.75, 3.05) is 7.11 Å². The van der Waals surface area contributed by atoms with Gasteiger partial charge in [-0.2, -0.15) is 0 Å². The zero-order valence-corrected chi connectivity index (χ0v) is 17.6. The Labute approximate surface area is 168 Å². The highest BCUT2D eigenvalue weighted by molar-refractivity contribution is 7.89. The fourth-order valence-corrected chi connectivity index (χ4v) is 5.87. The van der Waals surface area contributed by atoms with Gasteiger partial charge in [-0.15, -0.1) is 11.3 Å². The molecule has 0 amide bonds. The highest BCUT2D eigenvalue weighted by atomic mass is 32.2. The highest BCUT2D eigenvalue weighted by Crippen LogP contribution is 2.26. The van der Waals surface area contributed by atoms with Gasteiger partial charge in [0.1, 0.15) is 15.9 Å². The number of methoxy groups -OCH3 is 1. The van der Waals surface area contributed by atoms with Crippen molar-refractivity contribution in [1.82, 2.24) is 14.7 Å². The third kappa shape index (κ3) is 4.86. The molecule has 1 N–H and O–H groups in total. The van der Waals surface area contributed by atoms with Crippen LogP contribution < -0.4 is 9.46 Å². The standard InChI is InChI=1S/C18H23N3O5S2/c1-11-10-12(2)20-18(19-11)26-14-6-4-13(5-7-14)21-28(23,24)15-8-9-27-16(15)17(22)25-3/h8-10,13-14,21H,4-7H2,1-3H3. The number of ether oxygens (including phenoxy) is 2. The molecule has 28 heavy (non-hydrogen) atoms. The van der Waals surface area contributed by atoms with Crippen LogP contribution in [0.15, 0.2) is 22.4 Å². The predicted octanol–water partition coefficient (Wildman–Crippen LogP) is 2.61. The van der Waals surface area contributed by atoms with E-state index < -0.39 is 16.0 Å². The highest BCUT2D eigenvalue weighted by Gasteiger charge is 2.30. The van der Waals surface area contributed by atoms with Crippen molar-refractivity contribution < 1.29 is 22.7 Å². The summed E-state index contributed by atoms with van der Waals surface area (Å²) in [5.41, 5.74) is 1.70. The van der Waals surface area contributed by atoms with Crippen LogP contribution in [0.3, 0.4) is 0 Å². The summed E-state index contributed by atoms with van der Waals surface area (Å²) in [5, 5.41) is 1.56. The minimum Gasteiger partial charge on any atom is -0.465 e. The Hall–Kier alpha value is -2.04. The van der Waals surface area contributed by atoms with Gasteiger partial charge in [-0.05, 0) is 57.0 Å². The van der Waals surface area contributed by atoms with Crippen molar-refractivity contribution in [2.24, 2.45) is 0 Å². The van der Waals surface area contributed by atoms with Gasteiger partial charge in [-0.3, -0.25) is 0 Å². The Morgan fingerprint density at radius 2 is 1.82 bits per heavy atom. The van der Waals surface area contributed by atoms with Crippen LogP contribution in [0.1, 0.15) is 46.7 Å². The average molecular weight is 426 g/mol. The fraction of sp³-hybridized carbons (Fsp3) is 0.500. The van der Waals surface area contributed by atoms with Gasteiger partial charge in [0.2, 0.25) is 10.0 Å². The number of esters is 1. The Balaban J connectivity index is 1.59. The molecule has 0 spiro atoms. The van der Waals surface area contributed by atoms with Crippen LogP contribution >= 0.6 is 11.3 Å². The van der Waals surface area contributed by atoms with Gasteiger partial charge in [0, 0.05) is 17.4 Å². The number of aromatic nitrogens is 2. The summed E-state index contributed by atoms with van der Waals surface area (Å²) in [4.78, 5) is 20.4. The number of hydrogen-bond acceptors (Lipinski definition) is 8. The smallest absolute Gasteiger partial charge is 0.349 e. The van der Waals surface area contributed by atoms with Crippen molar-refractivity contribution in [3.8, 4) is 6.01 Å². The molecule has 2 aromatic rings. The molecule has 152 valence electrons. The van der Waals surface area contributed by atoms with Crippen molar-refractivity contribution in [3.63, 3.8) is 0 Å². The zero-order chi connectivity index (χ0) is 20.3. The maximum atomic E-state index is 12.7. The molecule has 0 unspecified atom stereocenters. The van der Waals surface area contributed by atoms with Crippen molar-refractivity contribution in [2.45, 2.75) is 56.6 Å². The molecular weight excluding hydrogens is 402 g/mol. The van der Waals surface area contributed by atoms with E-state index in [0.717, 1.165) is 22.7 Å². The number of nitrogens with one attached hydrogen (secondary N) is 1. The SMILES string of the molecule is COC(=O)c1sccc1S(=O)(=O)NC1CCC(Oc2nc(C)cc(C)n2)CC1. The molecule has 8 nitrogen and oxygen atoms in total. The third-order valence-electron chi connectivity index (χ3n) is 4.52. The number of sulfonamides is 1. The second kappa shape index (κ2) is 8.54. The largest absolute Gasteiger partial charge is 0.465 e. The molecular formula is C18H23N3O5S2. The number of nitrogens with zero attached hydrogens (tertiary/aromatic N) is 2. The van der Waals surface area contributed by atoms with E-state index in [0.29, 0.717) is 31.7 Å². The van der Waals surface area contributed by atoms with Crippen LogP contribution in [-0.4, -0.2) is 43.6 Å². The molecule has 0 bridgehead atoms. The first-order chi connectivity index (χ1) is 13.3. The van der Waals surface area contributed by atoms with Crippen LogP contribution in [0.25, 0.3) is 0 Å². The van der Waals surface area contributed by atoms with Crippen LogP contribution in [0, 0.1) is 13.8 Å². The summed E-state index contributed by atoms with van der Waals surface area (Å²) in [5.74, 6) is -0.652. The summed E-state index contributed by atoms with van der Waals surface area (Å²) >= 11 is 1.05. The molecule has 2 aromatic heterocycles. The number of hydrogen-bond donors (Lipinski definition) is 1. The summed E-state index contributed by atoms with van der Waals surface area (Å²) in [6.07, 6.45) is 2.60. The van der Waals surface area contributed by atoms with E-state index in [1.54, 1.807) is 5.38 Å². The predicted molar refractivity (Wildman–Crippen MR) is 104 cm³/mol. The van der Waals surface area contributed by atoms with E-state index in [1.807, 2.05) is 19.9 Å². The monoisotopic (exact) mass is 425 g/mol. The first kappa shape index (κ1) is 20.7. The lowest BCUT2D eigenvalue weighted by molar-refractivity contribution is 0.0602. The van der Waals surface area contributed by atoms with Crippen molar-refractivity contribution >= 4 is 27.3 Å². The lowest BCUT2D eigenvalue weighted by atomic mass is 9.94. The van der Waals surface area contributed by atoms with Gasteiger partial charge in [0.15, 0.2) is 0 Å². The molecule has 1 saturated carbocycles. The van der Waals surface area contributed by atoms with E-state index in [-0.39, 0.29) is 21.9 Å². The minimum absolute atomic E-state index is 0.0358. The van der Waals surface area contributed by atoms with E-state index >= 15 is 0 Å². The van der Waals surface area contributed by atoms with Gasteiger partial charge in [0.05, 0.1) is 7.11 Å². The normalized spacial score (nSPS) is 20.0. The van der Waals surface area contributed by atoms with E-state index in [2.05, 4.69) is 19.4 Å². The minimum atomic E-state index is -3.80. The summed E-state index contributed by atoms with van der Waals surface area (Å²) < 4.78 is 38.6. The number of thiophene rings is 1. The molecule has 3 rings (SSSR count). The van der Waals surface area contributed by atoms with Crippen LogP contribution in [0.4, 0.5) is 0 Å². The summed E-state index contributed by atoms with van der Waals surface area (Å²) in [6.45, 7) is 3.78. The van der Waals surface area contributed by atoms with Crippen molar-refractivity contribution in [1.29, 1.82) is 0 Å². The molecule has 0 radical (unpaired) electrons. The van der Waals surface area contributed by atoms with Gasteiger partial charge >= 0.3 is 12.0 Å². The van der Waals surface area contributed by atoms with E-state index in [4.69, 9.17) is 4.74 Å². The number of aryl methyl sites for hydroxylation is 2. The molecule has 0 aliphatic heterocycles. The third-order valence-corrected chi connectivity index (χ3v) is 7.11. The van der Waals surface area contributed by atoms with Gasteiger partial charge < -0.3 is 9.47 Å². The lowest BCUT2D eigenvalue weighted by Crippen LogP contribution is -2.40. The van der Waals surface area contributed by atoms with Crippen LogP contribution in [0.2, 0.25) is 0 Å². The molecule has 0 saturated heterocycles. The van der Waals surface area contributed by atoms with E-state index in [9.17, 15) is 13.2 Å². The molecule has 0 atom stereocenters. The Morgan fingerprint density at radius 1 is 1.18 bits per heavy atom. The van der Waals surface area contributed by atoms with Crippen LogP contribution in [0.5, 0.6) is 6.01 Å². The lowest BCUT2D eigenvalue weighted by Gasteiger charge is -2.28. The van der Waals surface area contributed by atoms with Gasteiger partial charge in [-0.1, -0.05) is 0 Å². The molecule has 1 fully saturated rings. The molecule has 0 aromatic carbocycles. The van der Waals surface area contributed by atoms with Gasteiger partial charge in [0.25, 0.3) is 0 Å². The maximum absolute atomic E-state index is 12.7. The van der Waals surface area contributed by atoms with Crippen LogP contribution in [-0.2, 0) is 14.8 Å². The van der Waals surface area contributed by atoms with Gasteiger partial charge in [-0.25, -0.2) is 27.9 Å². The second-order valence-electron chi connectivity index (χ2n) is 6.75. The number of carbonyl (C=O) groups is 1. The fourth-order valence-electron chi connectivity index (χ4n) is 3.23. The first-order valence-electron chi connectivity index (χ1n) is 8.95. The molecule has 1 aliphatic carbocycles. The number of rotatable bonds is 6. The number of carbonyl (C=O) groups excluding carboxylic acids is 1. The molecule has 1 aliphatic rings. The first-order valence-corrected chi connectivity index (χ1v) is 11.3. The summed E-state index contributed by atoms with van der Waals surface area (Å²) in [6, 6.07) is 3.45. The molecule has 2 heterocycles. The summed E-state index contributed by atoms with van der Waals surface area (Å²) in [7, 11) is -2.57. The quantitative estimate of drug-likeness (QED) is 0.709. The topological polar surface area (TPSA) is 107 Å². The van der Waals surface area contributed by atoms with E-state index in [1.165, 1.54) is 13.2 Å². The Bertz CT molecular complexity index is 930.